The van der Waals surface area contributed by atoms with E-state index < -0.39 is 0 Å². The van der Waals surface area contributed by atoms with Gasteiger partial charge in [0, 0.05) is 17.5 Å². The molecule has 0 atom stereocenters. The van der Waals surface area contributed by atoms with Gasteiger partial charge in [0.05, 0.1) is 19.0 Å². The highest BCUT2D eigenvalue weighted by molar-refractivity contribution is 6.31. The molecule has 0 bridgehead atoms. The summed E-state index contributed by atoms with van der Waals surface area (Å²) in [4.78, 5) is 15.9. The monoisotopic (exact) mass is 304 g/mol. The van der Waals surface area contributed by atoms with Crippen molar-refractivity contribution in [1.29, 1.82) is 0 Å². The summed E-state index contributed by atoms with van der Waals surface area (Å²) in [5.74, 6) is 0.459. The third-order valence-corrected chi connectivity index (χ3v) is 3.51. The van der Waals surface area contributed by atoms with Crippen LogP contribution in [0.2, 0.25) is 5.02 Å². The number of rotatable bonds is 5. The van der Waals surface area contributed by atoms with E-state index in [2.05, 4.69) is 10.3 Å². The van der Waals surface area contributed by atoms with E-state index in [1.807, 2.05) is 25.1 Å². The first-order valence-electron chi connectivity index (χ1n) is 6.63. The van der Waals surface area contributed by atoms with Crippen molar-refractivity contribution in [3.63, 3.8) is 0 Å². The fraction of sp³-hybridized carbons (Fsp3) is 0.250. The van der Waals surface area contributed by atoms with Gasteiger partial charge in [-0.25, -0.2) is 4.98 Å². The Kier molecular flexibility index (Phi) is 5.17. The topological polar surface area (TPSA) is 51.2 Å². The number of nitrogens with one attached hydrogen (secondary N) is 1. The minimum absolute atomic E-state index is 0.0568. The third-order valence-electron chi connectivity index (χ3n) is 3.11. The quantitative estimate of drug-likeness (QED) is 0.918. The highest BCUT2D eigenvalue weighted by Gasteiger charge is 2.05. The van der Waals surface area contributed by atoms with Gasteiger partial charge >= 0.3 is 0 Å². The van der Waals surface area contributed by atoms with Gasteiger partial charge in [-0.1, -0.05) is 23.7 Å². The van der Waals surface area contributed by atoms with Crippen LogP contribution in [0.15, 0.2) is 36.5 Å². The summed E-state index contributed by atoms with van der Waals surface area (Å²) in [5.41, 5.74) is 2.74. The molecular formula is C16H17ClN2O2. The highest BCUT2D eigenvalue weighted by Crippen LogP contribution is 2.18. The number of anilines is 1. The van der Waals surface area contributed by atoms with Gasteiger partial charge in [0.25, 0.3) is 0 Å². The van der Waals surface area contributed by atoms with E-state index in [9.17, 15) is 4.79 Å². The third kappa shape index (κ3) is 4.46. The molecule has 0 aliphatic carbocycles. The molecule has 0 radical (unpaired) electrons. The number of hydrogen-bond donors (Lipinski definition) is 1. The van der Waals surface area contributed by atoms with E-state index >= 15 is 0 Å². The van der Waals surface area contributed by atoms with Crippen molar-refractivity contribution in [1.82, 2.24) is 4.98 Å². The number of aryl methyl sites for hydroxylation is 2. The van der Waals surface area contributed by atoms with Gasteiger partial charge in [-0.3, -0.25) is 4.79 Å². The number of nitrogens with zero attached hydrogens (tertiary/aromatic N) is 1. The zero-order valence-corrected chi connectivity index (χ0v) is 12.8. The second-order valence-electron chi connectivity index (χ2n) is 4.72. The van der Waals surface area contributed by atoms with Crippen molar-refractivity contribution in [3.05, 3.63) is 52.7 Å². The van der Waals surface area contributed by atoms with Gasteiger partial charge in [-0.15, -0.1) is 0 Å². The maximum Gasteiger partial charge on any atom is 0.224 e. The number of pyridine rings is 1. The lowest BCUT2D eigenvalue weighted by molar-refractivity contribution is -0.116. The molecule has 1 N–H and O–H groups in total. The van der Waals surface area contributed by atoms with Gasteiger partial charge < -0.3 is 10.1 Å². The number of methoxy groups -OCH3 is 1. The van der Waals surface area contributed by atoms with Crippen LogP contribution in [0.25, 0.3) is 0 Å². The molecule has 0 saturated heterocycles. The molecule has 1 aromatic carbocycles. The lowest BCUT2D eigenvalue weighted by Crippen LogP contribution is -2.12. The molecule has 0 saturated carbocycles. The zero-order valence-electron chi connectivity index (χ0n) is 12.0. The molecule has 0 fully saturated rings. The van der Waals surface area contributed by atoms with Crippen LogP contribution < -0.4 is 10.1 Å². The van der Waals surface area contributed by atoms with E-state index in [1.165, 1.54) is 0 Å². The summed E-state index contributed by atoms with van der Waals surface area (Å²) in [6, 6.07) is 9.31. The first-order valence-corrected chi connectivity index (χ1v) is 7.01. The van der Waals surface area contributed by atoms with Gasteiger partial charge in [-0.05, 0) is 36.6 Å². The Balaban J connectivity index is 1.87. The van der Waals surface area contributed by atoms with Crippen LogP contribution in [-0.4, -0.2) is 18.0 Å². The van der Waals surface area contributed by atoms with Crippen LogP contribution in [0.4, 0.5) is 5.69 Å². The number of benzene rings is 1. The molecular weight excluding hydrogens is 288 g/mol. The normalized spacial score (nSPS) is 10.2. The van der Waals surface area contributed by atoms with Gasteiger partial charge in [0.15, 0.2) is 0 Å². The second-order valence-corrected chi connectivity index (χ2v) is 5.13. The molecule has 1 heterocycles. The molecule has 0 aliphatic heterocycles. The fourth-order valence-corrected chi connectivity index (χ4v) is 2.05. The van der Waals surface area contributed by atoms with E-state index in [-0.39, 0.29) is 5.91 Å². The molecule has 2 rings (SSSR count). The van der Waals surface area contributed by atoms with Crippen LogP contribution >= 0.6 is 11.6 Å². The summed E-state index contributed by atoms with van der Waals surface area (Å²) in [7, 11) is 1.55. The molecule has 21 heavy (non-hydrogen) atoms. The molecule has 1 aromatic heterocycles. The predicted molar refractivity (Wildman–Crippen MR) is 83.9 cm³/mol. The summed E-state index contributed by atoms with van der Waals surface area (Å²) < 4.78 is 4.96. The largest absolute Gasteiger partial charge is 0.481 e. The lowest BCUT2D eigenvalue weighted by atomic mass is 10.1. The minimum Gasteiger partial charge on any atom is -0.481 e. The lowest BCUT2D eigenvalue weighted by Gasteiger charge is -2.06. The average molecular weight is 305 g/mol. The van der Waals surface area contributed by atoms with Crippen molar-refractivity contribution in [2.75, 3.05) is 12.4 Å². The smallest absolute Gasteiger partial charge is 0.224 e. The summed E-state index contributed by atoms with van der Waals surface area (Å²) in [6.07, 6.45) is 2.61. The Hall–Kier alpha value is -2.07. The predicted octanol–water partition coefficient (Wildman–Crippen LogP) is 3.62. The van der Waals surface area contributed by atoms with Crippen LogP contribution in [0.1, 0.15) is 17.5 Å². The van der Waals surface area contributed by atoms with Crippen LogP contribution in [0.5, 0.6) is 5.88 Å². The van der Waals surface area contributed by atoms with Crippen molar-refractivity contribution < 1.29 is 9.53 Å². The first-order chi connectivity index (χ1) is 10.1. The number of aromatic nitrogens is 1. The maximum atomic E-state index is 11.9. The Morgan fingerprint density at radius 1 is 1.33 bits per heavy atom. The molecule has 0 unspecified atom stereocenters. The Labute approximate surface area is 129 Å². The van der Waals surface area contributed by atoms with Crippen molar-refractivity contribution in [3.8, 4) is 5.88 Å². The number of hydrogen-bond acceptors (Lipinski definition) is 3. The van der Waals surface area contributed by atoms with E-state index in [0.29, 0.717) is 24.4 Å². The van der Waals surface area contributed by atoms with Gasteiger partial charge in [-0.2, -0.15) is 0 Å². The molecule has 110 valence electrons. The maximum absolute atomic E-state index is 11.9. The zero-order chi connectivity index (χ0) is 15.2. The standard InChI is InChI=1S/C16H17ClN2O2/c1-11-3-4-12(9-14(11)17)5-7-15(20)19-13-6-8-16(21-2)18-10-13/h3-4,6,8-10H,5,7H2,1-2H3,(H,19,20). The van der Waals surface area contributed by atoms with Crippen LogP contribution in [0, 0.1) is 6.92 Å². The average Bonchev–Trinajstić information content (AvgIpc) is 2.49. The Morgan fingerprint density at radius 2 is 2.14 bits per heavy atom. The fourth-order valence-electron chi connectivity index (χ4n) is 1.85. The molecule has 0 aliphatic rings. The number of ether oxygens (including phenoxy) is 1. The van der Waals surface area contributed by atoms with Gasteiger partial charge in [0.1, 0.15) is 0 Å². The number of carbonyl (C=O) groups excluding carboxylic acids is 1. The molecule has 0 spiro atoms. The van der Waals surface area contributed by atoms with E-state index in [4.69, 9.17) is 16.3 Å². The molecule has 5 heteroatoms. The van der Waals surface area contributed by atoms with Crippen molar-refractivity contribution in [2.24, 2.45) is 0 Å². The highest BCUT2D eigenvalue weighted by atomic mass is 35.5. The molecule has 2 aromatic rings. The Bertz CT molecular complexity index is 627. The van der Waals surface area contributed by atoms with Gasteiger partial charge in [0.2, 0.25) is 11.8 Å². The minimum atomic E-state index is -0.0568. The first kappa shape index (κ1) is 15.3. The molecule has 1 amide bonds. The second kappa shape index (κ2) is 7.09. The summed E-state index contributed by atoms with van der Waals surface area (Å²) in [5, 5.41) is 3.53. The number of amides is 1. The SMILES string of the molecule is COc1ccc(NC(=O)CCc2ccc(C)c(Cl)c2)cn1. The van der Waals surface area contributed by atoms with E-state index in [1.54, 1.807) is 25.4 Å². The summed E-state index contributed by atoms with van der Waals surface area (Å²) in [6.45, 7) is 1.95. The number of halogens is 1. The Morgan fingerprint density at radius 3 is 2.76 bits per heavy atom. The van der Waals surface area contributed by atoms with Crippen molar-refractivity contribution in [2.45, 2.75) is 19.8 Å². The van der Waals surface area contributed by atoms with Crippen molar-refractivity contribution >= 4 is 23.2 Å². The number of carbonyl (C=O) groups is 1. The van der Waals surface area contributed by atoms with E-state index in [0.717, 1.165) is 16.1 Å². The molecule has 4 nitrogen and oxygen atoms in total. The van der Waals surface area contributed by atoms with Crippen LogP contribution in [-0.2, 0) is 11.2 Å². The summed E-state index contributed by atoms with van der Waals surface area (Å²) >= 11 is 6.07. The van der Waals surface area contributed by atoms with Crippen LogP contribution in [0.3, 0.4) is 0 Å².